The molecule has 0 N–H and O–H groups in total. The first kappa shape index (κ1) is 18.7. The molecular formula is C16H34O2Si. The third-order valence-electron chi connectivity index (χ3n) is 4.79. The molecule has 1 unspecified atom stereocenters. The van der Waals surface area contributed by atoms with Crippen LogP contribution >= 0.6 is 0 Å². The predicted octanol–water partition coefficient (Wildman–Crippen LogP) is 4.00. The van der Waals surface area contributed by atoms with Crippen molar-refractivity contribution >= 4 is 16.5 Å². The summed E-state index contributed by atoms with van der Waals surface area (Å²) in [5, 5.41) is 0. The van der Waals surface area contributed by atoms with E-state index < -0.39 is 0 Å². The van der Waals surface area contributed by atoms with Crippen LogP contribution < -0.4 is 0 Å². The molecule has 0 bridgehead atoms. The average Bonchev–Trinajstić information content (AvgIpc) is 2.44. The van der Waals surface area contributed by atoms with E-state index in [1.54, 1.807) is 0 Å². The molecule has 0 saturated heterocycles. The second-order valence-electron chi connectivity index (χ2n) is 5.81. The van der Waals surface area contributed by atoms with E-state index in [4.69, 9.17) is 4.43 Å². The molecule has 0 radical (unpaired) electrons. The Balaban J connectivity index is 4.19. The fraction of sp³-hybridized carbons (Fsp3) is 0.938. The zero-order chi connectivity index (χ0) is 14.7. The lowest BCUT2D eigenvalue weighted by Crippen LogP contribution is -2.37. The summed E-state index contributed by atoms with van der Waals surface area (Å²) in [5.41, 5.74) is -0.231. The zero-order valence-electron chi connectivity index (χ0n) is 13.8. The van der Waals surface area contributed by atoms with E-state index in [0.29, 0.717) is 16.4 Å². The highest BCUT2D eigenvalue weighted by atomic mass is 28.2. The molecule has 0 saturated carbocycles. The Bertz CT molecular complexity index is 237. The van der Waals surface area contributed by atoms with Crippen LogP contribution in [0.2, 0.25) is 0 Å². The van der Waals surface area contributed by atoms with Gasteiger partial charge in [0.2, 0.25) is 10.5 Å². The number of hydrogen-bond acceptors (Lipinski definition) is 2. The molecule has 0 aromatic rings. The number of hydrogen-bond donors (Lipinski definition) is 0. The summed E-state index contributed by atoms with van der Waals surface area (Å²) in [7, 11) is 0.516. The van der Waals surface area contributed by atoms with Crippen LogP contribution in [0.25, 0.3) is 0 Å². The standard InChI is InChI=1S/C16H34O2Si/c1-5-8-9-10-11-12-13-14(4)16(6-2,7-3)15(17)18-19/h14H,5-13H2,1-4,19H3. The van der Waals surface area contributed by atoms with Gasteiger partial charge in [0.05, 0.1) is 5.41 Å². The molecule has 0 amide bonds. The van der Waals surface area contributed by atoms with Gasteiger partial charge in [-0.2, -0.15) is 0 Å². The van der Waals surface area contributed by atoms with E-state index in [2.05, 4.69) is 27.7 Å². The van der Waals surface area contributed by atoms with Crippen LogP contribution in [0.5, 0.6) is 0 Å². The minimum Gasteiger partial charge on any atom is -0.528 e. The Morgan fingerprint density at radius 3 is 2.05 bits per heavy atom. The molecule has 0 heterocycles. The summed E-state index contributed by atoms with van der Waals surface area (Å²) in [6, 6.07) is 0. The molecule has 2 nitrogen and oxygen atoms in total. The molecule has 114 valence electrons. The number of rotatable bonds is 11. The fourth-order valence-corrected chi connectivity index (χ4v) is 3.55. The minimum absolute atomic E-state index is 0.0441. The average molecular weight is 287 g/mol. The van der Waals surface area contributed by atoms with Gasteiger partial charge in [-0.05, 0) is 25.2 Å². The predicted molar refractivity (Wildman–Crippen MR) is 86.2 cm³/mol. The number of carbonyl (C=O) groups is 1. The molecule has 3 heteroatoms. The van der Waals surface area contributed by atoms with Crippen molar-refractivity contribution in [1.29, 1.82) is 0 Å². The Morgan fingerprint density at radius 1 is 1.05 bits per heavy atom. The van der Waals surface area contributed by atoms with E-state index in [1.807, 2.05) is 0 Å². The highest BCUT2D eigenvalue weighted by Crippen LogP contribution is 2.39. The van der Waals surface area contributed by atoms with Crippen LogP contribution in [0.4, 0.5) is 0 Å². The van der Waals surface area contributed by atoms with Gasteiger partial charge in [-0.15, -0.1) is 0 Å². The molecule has 0 spiro atoms. The zero-order valence-corrected chi connectivity index (χ0v) is 15.8. The van der Waals surface area contributed by atoms with Gasteiger partial charge in [0, 0.05) is 0 Å². The molecule has 0 aliphatic rings. The first-order chi connectivity index (χ1) is 9.08. The number of unbranched alkanes of at least 4 members (excludes halogenated alkanes) is 5. The maximum atomic E-state index is 12.1. The van der Waals surface area contributed by atoms with Gasteiger partial charge in [-0.1, -0.05) is 66.2 Å². The lowest BCUT2D eigenvalue weighted by molar-refractivity contribution is -0.149. The maximum Gasteiger partial charge on any atom is 0.298 e. The quantitative estimate of drug-likeness (QED) is 0.424. The van der Waals surface area contributed by atoms with Crippen molar-refractivity contribution < 1.29 is 9.22 Å². The second kappa shape index (κ2) is 10.5. The monoisotopic (exact) mass is 286 g/mol. The third kappa shape index (κ3) is 5.68. The summed E-state index contributed by atoms with van der Waals surface area (Å²) < 4.78 is 5.18. The van der Waals surface area contributed by atoms with Crippen molar-refractivity contribution in [3.8, 4) is 0 Å². The van der Waals surface area contributed by atoms with Gasteiger partial charge in [-0.3, -0.25) is 4.79 Å². The van der Waals surface area contributed by atoms with Crippen molar-refractivity contribution in [3.05, 3.63) is 0 Å². The van der Waals surface area contributed by atoms with E-state index in [9.17, 15) is 4.79 Å². The van der Waals surface area contributed by atoms with Gasteiger partial charge in [0.15, 0.2) is 0 Å². The largest absolute Gasteiger partial charge is 0.528 e. The maximum absolute atomic E-state index is 12.1. The first-order valence-corrected chi connectivity index (χ1v) is 8.99. The van der Waals surface area contributed by atoms with E-state index in [1.165, 1.54) is 38.5 Å². The summed E-state index contributed by atoms with van der Waals surface area (Å²) in [6.45, 7) is 8.73. The van der Waals surface area contributed by atoms with Crippen LogP contribution in [0.3, 0.4) is 0 Å². The minimum atomic E-state index is -0.231. The smallest absolute Gasteiger partial charge is 0.298 e. The molecule has 0 aliphatic carbocycles. The van der Waals surface area contributed by atoms with Crippen LogP contribution in [-0.4, -0.2) is 16.5 Å². The highest BCUT2D eigenvalue weighted by molar-refractivity contribution is 6.06. The van der Waals surface area contributed by atoms with Gasteiger partial charge in [-0.25, -0.2) is 0 Å². The fourth-order valence-electron chi connectivity index (χ4n) is 3.15. The second-order valence-corrected chi connectivity index (χ2v) is 6.22. The van der Waals surface area contributed by atoms with Crippen molar-refractivity contribution in [2.45, 2.75) is 85.5 Å². The lowest BCUT2D eigenvalue weighted by Gasteiger charge is -2.35. The molecule has 0 aromatic heterocycles. The first-order valence-electron chi connectivity index (χ1n) is 8.17. The summed E-state index contributed by atoms with van der Waals surface area (Å²) >= 11 is 0. The molecule has 0 aliphatic heterocycles. The summed E-state index contributed by atoms with van der Waals surface area (Å²) in [5.74, 6) is 0.484. The van der Waals surface area contributed by atoms with Gasteiger partial charge in [0.1, 0.15) is 0 Å². The Hall–Kier alpha value is -0.313. The topological polar surface area (TPSA) is 26.3 Å². The Labute approximate surface area is 123 Å². The molecule has 0 rings (SSSR count). The lowest BCUT2D eigenvalue weighted by atomic mass is 9.70. The molecule has 0 aromatic carbocycles. The molecular weight excluding hydrogens is 252 g/mol. The molecule has 1 atom stereocenters. The molecule has 0 fully saturated rings. The van der Waals surface area contributed by atoms with Crippen LogP contribution in [0, 0.1) is 11.3 Å². The Kier molecular flexibility index (Phi) is 10.3. The molecule has 19 heavy (non-hydrogen) atoms. The van der Waals surface area contributed by atoms with E-state index >= 15 is 0 Å². The van der Waals surface area contributed by atoms with Gasteiger partial charge in [0.25, 0.3) is 5.97 Å². The van der Waals surface area contributed by atoms with Crippen molar-refractivity contribution in [3.63, 3.8) is 0 Å². The van der Waals surface area contributed by atoms with Gasteiger partial charge >= 0.3 is 0 Å². The highest BCUT2D eigenvalue weighted by Gasteiger charge is 2.40. The van der Waals surface area contributed by atoms with Crippen molar-refractivity contribution in [2.75, 3.05) is 0 Å². The van der Waals surface area contributed by atoms with Crippen LogP contribution in [-0.2, 0) is 9.22 Å². The van der Waals surface area contributed by atoms with Gasteiger partial charge < -0.3 is 4.43 Å². The third-order valence-corrected chi connectivity index (χ3v) is 5.16. The summed E-state index contributed by atoms with van der Waals surface area (Å²) in [4.78, 5) is 12.1. The SMILES string of the molecule is CCCCCCCCC(C)C(CC)(CC)C(=O)O[SiH3]. The van der Waals surface area contributed by atoms with Crippen molar-refractivity contribution in [1.82, 2.24) is 0 Å². The van der Waals surface area contributed by atoms with Crippen LogP contribution in [0.1, 0.15) is 85.5 Å². The van der Waals surface area contributed by atoms with E-state index in [-0.39, 0.29) is 11.4 Å². The van der Waals surface area contributed by atoms with E-state index in [0.717, 1.165) is 19.3 Å². The number of carbonyl (C=O) groups excluding carboxylic acids is 1. The Morgan fingerprint density at radius 2 is 1.58 bits per heavy atom. The summed E-state index contributed by atoms with van der Waals surface area (Å²) in [6.07, 6.45) is 10.9. The van der Waals surface area contributed by atoms with Crippen molar-refractivity contribution in [2.24, 2.45) is 11.3 Å². The normalized spacial score (nSPS) is 13.5. The van der Waals surface area contributed by atoms with Crippen LogP contribution in [0.15, 0.2) is 0 Å².